The SMILES string of the molecule is CC(C)[C@H]1C(O)[C@@H](C(N)=O)C(=O)[C@]2(O)C(O)[C@H]3C(=O)c4c(O)ccc(-c5ccc(NC=NC(C)(C)C)cc5)c4C[C@]3(C)C[C@]12C. The average molecular weight is 620 g/mol. The molecule has 2 aromatic carbocycles. The first-order valence-electron chi connectivity index (χ1n) is 15.5. The number of aliphatic imine (C=N–C) groups is 1. The minimum Gasteiger partial charge on any atom is -0.507 e. The Hall–Kier alpha value is -3.60. The maximum Gasteiger partial charge on any atom is 0.230 e. The van der Waals surface area contributed by atoms with Crippen molar-refractivity contribution in [1.82, 2.24) is 0 Å². The van der Waals surface area contributed by atoms with Crippen LogP contribution in [0.3, 0.4) is 0 Å². The Kier molecular flexibility index (Phi) is 7.83. The van der Waals surface area contributed by atoms with Crippen LogP contribution in [0.25, 0.3) is 11.1 Å². The van der Waals surface area contributed by atoms with Gasteiger partial charge < -0.3 is 31.5 Å². The monoisotopic (exact) mass is 619 g/mol. The molecule has 0 spiro atoms. The van der Waals surface area contributed by atoms with Crippen LogP contribution in [0.15, 0.2) is 41.4 Å². The summed E-state index contributed by atoms with van der Waals surface area (Å²) in [6, 6.07) is 10.8. The molecule has 0 saturated heterocycles. The summed E-state index contributed by atoms with van der Waals surface area (Å²) in [6.45, 7) is 13.1. The molecule has 3 aliphatic carbocycles. The Bertz CT molecular complexity index is 1580. The fourth-order valence-electron chi connectivity index (χ4n) is 8.85. The molecule has 45 heavy (non-hydrogen) atoms. The van der Waals surface area contributed by atoms with Crippen LogP contribution < -0.4 is 11.1 Å². The zero-order chi connectivity index (χ0) is 33.4. The van der Waals surface area contributed by atoms with Gasteiger partial charge in [-0.25, -0.2) is 0 Å². The number of aromatic hydroxyl groups is 1. The highest BCUT2D eigenvalue weighted by molar-refractivity contribution is 6.09. The van der Waals surface area contributed by atoms with E-state index in [0.717, 1.165) is 16.8 Å². The van der Waals surface area contributed by atoms with Crippen LogP contribution in [0, 0.1) is 34.5 Å². The van der Waals surface area contributed by atoms with Crippen molar-refractivity contribution in [3.05, 3.63) is 47.5 Å². The molecule has 242 valence electrons. The van der Waals surface area contributed by atoms with Crippen molar-refractivity contribution >= 4 is 29.5 Å². The molecule has 1 amide bonds. The lowest BCUT2D eigenvalue weighted by molar-refractivity contribution is -0.265. The minimum absolute atomic E-state index is 0.0379. The lowest BCUT2D eigenvalue weighted by Crippen LogP contribution is -2.79. The van der Waals surface area contributed by atoms with E-state index in [1.165, 1.54) is 6.07 Å². The first-order chi connectivity index (χ1) is 20.8. The highest BCUT2D eigenvalue weighted by atomic mass is 16.4. The fraction of sp³-hybridized carbons (Fsp3) is 0.543. The van der Waals surface area contributed by atoms with E-state index in [1.807, 2.05) is 65.8 Å². The lowest BCUT2D eigenvalue weighted by Gasteiger charge is -2.66. The van der Waals surface area contributed by atoms with Crippen molar-refractivity contribution in [1.29, 1.82) is 0 Å². The predicted octanol–water partition coefficient (Wildman–Crippen LogP) is 3.48. The summed E-state index contributed by atoms with van der Waals surface area (Å²) >= 11 is 0. The molecular weight excluding hydrogens is 574 g/mol. The number of nitrogens with zero attached hydrogens (tertiary/aromatic N) is 1. The number of benzene rings is 2. The molecule has 0 heterocycles. The summed E-state index contributed by atoms with van der Waals surface area (Å²) in [5.41, 5.74) is 3.40. The fourth-order valence-corrected chi connectivity index (χ4v) is 8.85. The molecule has 0 radical (unpaired) electrons. The number of nitrogens with one attached hydrogen (secondary N) is 1. The van der Waals surface area contributed by atoms with E-state index in [4.69, 9.17) is 5.73 Å². The highest BCUT2D eigenvalue weighted by Gasteiger charge is 2.75. The second-order valence-electron chi connectivity index (χ2n) is 15.1. The summed E-state index contributed by atoms with van der Waals surface area (Å²) in [5.74, 6) is -7.14. The number of phenols is 1. The van der Waals surface area contributed by atoms with Gasteiger partial charge >= 0.3 is 0 Å². The second kappa shape index (κ2) is 10.7. The van der Waals surface area contributed by atoms with Crippen molar-refractivity contribution < 1.29 is 34.8 Å². The van der Waals surface area contributed by atoms with E-state index < -0.39 is 63.9 Å². The van der Waals surface area contributed by atoms with Crippen LogP contribution in [0.1, 0.15) is 70.8 Å². The van der Waals surface area contributed by atoms with E-state index in [2.05, 4.69) is 10.3 Å². The maximum atomic E-state index is 14.3. The third-order valence-corrected chi connectivity index (χ3v) is 10.5. The Balaban J connectivity index is 1.61. The Labute approximate surface area is 263 Å². The number of aliphatic hydroxyl groups is 3. The number of nitrogens with two attached hydrogens (primary N) is 1. The molecule has 2 saturated carbocycles. The molecule has 0 aromatic heterocycles. The van der Waals surface area contributed by atoms with Gasteiger partial charge in [-0.15, -0.1) is 0 Å². The number of amides is 1. The number of hydrogen-bond donors (Lipinski definition) is 6. The smallest absolute Gasteiger partial charge is 0.230 e. The molecule has 3 aliphatic rings. The molecule has 10 nitrogen and oxygen atoms in total. The number of hydrogen-bond acceptors (Lipinski definition) is 8. The number of carbonyl (C=O) groups excluding carboxylic acids is 3. The molecule has 0 bridgehead atoms. The number of rotatable bonds is 5. The van der Waals surface area contributed by atoms with Crippen LogP contribution in [0.5, 0.6) is 5.75 Å². The minimum atomic E-state index is -2.54. The molecule has 8 atom stereocenters. The quantitative estimate of drug-likeness (QED) is 0.167. The van der Waals surface area contributed by atoms with Crippen molar-refractivity contribution in [3.8, 4) is 16.9 Å². The molecule has 0 aliphatic heterocycles. The van der Waals surface area contributed by atoms with Gasteiger partial charge in [-0.05, 0) is 85.8 Å². The summed E-state index contributed by atoms with van der Waals surface area (Å²) in [6.07, 6.45) is -1.40. The Morgan fingerprint density at radius 2 is 1.71 bits per heavy atom. The van der Waals surface area contributed by atoms with Crippen LogP contribution >= 0.6 is 0 Å². The zero-order valence-electron chi connectivity index (χ0n) is 27.0. The summed E-state index contributed by atoms with van der Waals surface area (Å²) in [5, 5.41) is 49.7. The molecule has 5 rings (SSSR count). The van der Waals surface area contributed by atoms with Crippen LogP contribution in [0.4, 0.5) is 5.69 Å². The van der Waals surface area contributed by atoms with Gasteiger partial charge in [-0.3, -0.25) is 19.4 Å². The number of carbonyl (C=O) groups is 3. The number of primary amides is 1. The van der Waals surface area contributed by atoms with Crippen LogP contribution in [-0.2, 0) is 16.0 Å². The first-order valence-corrected chi connectivity index (χ1v) is 15.5. The van der Waals surface area contributed by atoms with Crippen molar-refractivity contribution in [2.45, 2.75) is 84.7 Å². The van der Waals surface area contributed by atoms with E-state index in [0.29, 0.717) is 5.56 Å². The van der Waals surface area contributed by atoms with Crippen LogP contribution in [0.2, 0.25) is 0 Å². The predicted molar refractivity (Wildman–Crippen MR) is 171 cm³/mol. The largest absolute Gasteiger partial charge is 0.507 e. The van der Waals surface area contributed by atoms with Gasteiger partial charge in [0.1, 0.15) is 17.8 Å². The van der Waals surface area contributed by atoms with E-state index in [1.54, 1.807) is 19.3 Å². The van der Waals surface area contributed by atoms with Crippen molar-refractivity contribution in [2.24, 2.45) is 45.2 Å². The standard InChI is InChI=1S/C35H45N3O7/c1-17(2)25-28(41)24(31(36)44)29(42)35(45)30(43)26-27(40)23-21(14-33(26,6)15-34(25,35)7)20(12-13-22(23)39)18-8-10-19(11-9-18)37-16-38-32(3,4)5/h8-13,16-17,24-26,28,30,39,41,43,45H,14-15H2,1-7H3,(H2,36,44)(H,37,38)/t24-,25+,26-,28?,30?,33-,34-,35+/m1/s1. The van der Waals surface area contributed by atoms with Gasteiger partial charge in [0.25, 0.3) is 0 Å². The van der Waals surface area contributed by atoms with Gasteiger partial charge in [0.15, 0.2) is 17.2 Å². The van der Waals surface area contributed by atoms with Crippen LogP contribution in [-0.4, -0.2) is 67.6 Å². The number of Topliss-reactive ketones (excluding diaryl/α,β-unsaturated/α-hetero) is 2. The third-order valence-electron chi connectivity index (χ3n) is 10.5. The van der Waals surface area contributed by atoms with E-state index >= 15 is 0 Å². The maximum absolute atomic E-state index is 14.3. The third kappa shape index (κ3) is 4.89. The van der Waals surface area contributed by atoms with E-state index in [-0.39, 0.29) is 35.6 Å². The molecule has 2 unspecified atom stereocenters. The topological polar surface area (TPSA) is 183 Å². The number of ketones is 2. The average Bonchev–Trinajstić information content (AvgIpc) is 2.90. The first kappa shape index (κ1) is 32.8. The summed E-state index contributed by atoms with van der Waals surface area (Å²) in [7, 11) is 0. The van der Waals surface area contributed by atoms with Gasteiger partial charge in [-0.1, -0.05) is 45.9 Å². The van der Waals surface area contributed by atoms with Gasteiger partial charge in [0, 0.05) is 11.1 Å². The number of aliphatic hydroxyl groups excluding tert-OH is 2. The summed E-state index contributed by atoms with van der Waals surface area (Å²) < 4.78 is 0. The van der Waals surface area contributed by atoms with Gasteiger partial charge in [0.2, 0.25) is 5.91 Å². The molecule has 10 heteroatoms. The summed E-state index contributed by atoms with van der Waals surface area (Å²) in [4.78, 5) is 45.0. The van der Waals surface area contributed by atoms with Crippen molar-refractivity contribution in [2.75, 3.05) is 5.32 Å². The Morgan fingerprint density at radius 3 is 2.27 bits per heavy atom. The lowest BCUT2D eigenvalue weighted by atomic mass is 9.39. The Morgan fingerprint density at radius 1 is 1.09 bits per heavy atom. The molecule has 7 N–H and O–H groups in total. The van der Waals surface area contributed by atoms with Crippen molar-refractivity contribution in [3.63, 3.8) is 0 Å². The number of anilines is 1. The highest BCUT2D eigenvalue weighted by Crippen LogP contribution is 2.66. The molecule has 2 fully saturated rings. The number of phenolic OH excluding ortho intramolecular Hbond substituents is 1. The second-order valence-corrected chi connectivity index (χ2v) is 15.1. The van der Waals surface area contributed by atoms with E-state index in [9.17, 15) is 34.8 Å². The zero-order valence-corrected chi connectivity index (χ0v) is 27.0. The number of fused-ring (bicyclic) bond motifs is 3. The molecule has 2 aromatic rings. The van der Waals surface area contributed by atoms with Gasteiger partial charge in [-0.2, -0.15) is 0 Å². The normalized spacial score (nSPS) is 34.8. The van der Waals surface area contributed by atoms with Gasteiger partial charge in [0.05, 0.1) is 29.5 Å². The molecular formula is C35H45N3O7.